The van der Waals surface area contributed by atoms with Crippen molar-refractivity contribution in [1.82, 2.24) is 0 Å². The van der Waals surface area contributed by atoms with E-state index in [0.717, 1.165) is 44.5 Å². The van der Waals surface area contributed by atoms with E-state index in [9.17, 15) is 0 Å². The highest BCUT2D eigenvalue weighted by Gasteiger charge is 2.62. The minimum absolute atomic E-state index is 0.734. The van der Waals surface area contributed by atoms with Gasteiger partial charge in [0.15, 0.2) is 0 Å². The third kappa shape index (κ3) is 1.75. The maximum atomic E-state index is 6.19. The lowest BCUT2D eigenvalue weighted by molar-refractivity contribution is 0.152. The van der Waals surface area contributed by atoms with E-state index in [4.69, 9.17) is 17.7 Å². The van der Waals surface area contributed by atoms with E-state index < -0.39 is 9.05 Å². The van der Waals surface area contributed by atoms with Crippen LogP contribution in [-0.2, 0) is 0 Å². The number of hydrogen-bond acceptors (Lipinski definition) is 4. The lowest BCUT2D eigenvalue weighted by Gasteiger charge is -2.35. The van der Waals surface area contributed by atoms with Crippen LogP contribution in [0.4, 0.5) is 0 Å². The van der Waals surface area contributed by atoms with E-state index in [2.05, 4.69) is 0 Å². The highest BCUT2D eigenvalue weighted by Crippen LogP contribution is 2.45. The van der Waals surface area contributed by atoms with E-state index in [1.807, 2.05) is 72.8 Å². The molecule has 0 N–H and O–H groups in total. The van der Waals surface area contributed by atoms with Gasteiger partial charge in [0.2, 0.25) is 0 Å². The van der Waals surface area contributed by atoms with Crippen molar-refractivity contribution >= 4 is 30.6 Å². The first-order valence-electron chi connectivity index (χ1n) is 8.11. The molecular formula is C20H12O4Si. The van der Waals surface area contributed by atoms with Crippen LogP contribution in [0.2, 0.25) is 0 Å². The first kappa shape index (κ1) is 13.1. The predicted molar refractivity (Wildman–Crippen MR) is 96.2 cm³/mol. The minimum atomic E-state index is -3.42. The summed E-state index contributed by atoms with van der Waals surface area (Å²) in [6.07, 6.45) is 0. The average molecular weight is 344 g/mol. The molecule has 0 saturated carbocycles. The van der Waals surface area contributed by atoms with Gasteiger partial charge < -0.3 is 17.7 Å². The topological polar surface area (TPSA) is 36.9 Å². The summed E-state index contributed by atoms with van der Waals surface area (Å²) in [6, 6.07) is 23.7. The molecule has 0 aromatic heterocycles. The van der Waals surface area contributed by atoms with Gasteiger partial charge >= 0.3 is 9.05 Å². The Hall–Kier alpha value is -3.18. The van der Waals surface area contributed by atoms with E-state index in [0.29, 0.717) is 0 Å². The van der Waals surface area contributed by atoms with E-state index >= 15 is 0 Å². The molecule has 6 rings (SSSR count). The average Bonchev–Trinajstić information content (AvgIpc) is 2.62. The molecule has 5 heteroatoms. The normalized spacial score (nSPS) is 16.0. The van der Waals surface area contributed by atoms with Crippen LogP contribution in [0.5, 0.6) is 23.0 Å². The zero-order valence-corrected chi connectivity index (χ0v) is 14.1. The van der Waals surface area contributed by atoms with Crippen LogP contribution >= 0.6 is 0 Å². The number of benzene rings is 4. The fourth-order valence-electron chi connectivity index (χ4n) is 3.55. The maximum absolute atomic E-state index is 6.19. The van der Waals surface area contributed by atoms with Crippen molar-refractivity contribution < 1.29 is 17.7 Å². The third-order valence-electron chi connectivity index (χ3n) is 4.60. The Morgan fingerprint density at radius 1 is 0.440 bits per heavy atom. The second kappa shape index (κ2) is 4.46. The van der Waals surface area contributed by atoms with Gasteiger partial charge in [-0.15, -0.1) is 0 Å². The third-order valence-corrected chi connectivity index (χ3v) is 6.48. The first-order valence-corrected chi connectivity index (χ1v) is 9.74. The molecule has 0 radical (unpaired) electrons. The smallest absolute Gasteiger partial charge is 0.451 e. The van der Waals surface area contributed by atoms with Gasteiger partial charge in [0, 0.05) is 0 Å². The Bertz CT molecular complexity index is 993. The van der Waals surface area contributed by atoms with Gasteiger partial charge in [0.1, 0.15) is 23.0 Å². The highest BCUT2D eigenvalue weighted by atomic mass is 28.4. The Balaban J connectivity index is 1.55. The quantitative estimate of drug-likeness (QED) is 0.434. The molecule has 0 saturated heterocycles. The molecule has 0 unspecified atom stereocenters. The SMILES string of the molecule is c1cc2c3c(cccc3c1)O[Si]1(O2)Oc2cccc3cccc(c23)O1. The van der Waals surface area contributed by atoms with Gasteiger partial charge in [-0.05, 0) is 35.0 Å². The van der Waals surface area contributed by atoms with Crippen molar-refractivity contribution in [3.8, 4) is 23.0 Å². The second-order valence-corrected chi connectivity index (χ2v) is 7.95. The highest BCUT2D eigenvalue weighted by molar-refractivity contribution is 6.58. The molecule has 25 heavy (non-hydrogen) atoms. The van der Waals surface area contributed by atoms with Gasteiger partial charge in [-0.25, -0.2) is 0 Å². The van der Waals surface area contributed by atoms with Gasteiger partial charge in [-0.2, -0.15) is 0 Å². The Kier molecular flexibility index (Phi) is 2.34. The lowest BCUT2D eigenvalue weighted by atomic mass is 10.1. The standard InChI is InChI=1S/C20H12O4Si/c1-5-13-6-2-10-16-19(13)15(9-1)21-25(22-16)23-17-11-3-7-14-8-4-12-18(24-25)20(14)17/h1-12H. The van der Waals surface area contributed by atoms with Crippen LogP contribution in [-0.4, -0.2) is 9.05 Å². The summed E-state index contributed by atoms with van der Waals surface area (Å²) in [5.74, 6) is 2.94. The van der Waals surface area contributed by atoms with Crippen LogP contribution in [0.15, 0.2) is 72.8 Å². The molecule has 2 aliphatic heterocycles. The van der Waals surface area contributed by atoms with E-state index in [1.165, 1.54) is 0 Å². The van der Waals surface area contributed by atoms with Gasteiger partial charge in [-0.3, -0.25) is 0 Å². The summed E-state index contributed by atoms with van der Waals surface area (Å²) in [4.78, 5) is 0. The molecule has 4 aromatic carbocycles. The van der Waals surface area contributed by atoms with Crippen LogP contribution in [0.1, 0.15) is 0 Å². The van der Waals surface area contributed by atoms with Crippen molar-refractivity contribution in [3.05, 3.63) is 72.8 Å². The molecule has 2 heterocycles. The Morgan fingerprint density at radius 2 is 0.760 bits per heavy atom. The van der Waals surface area contributed by atoms with Crippen LogP contribution in [0.3, 0.4) is 0 Å². The summed E-state index contributed by atoms with van der Waals surface area (Å²) in [6.45, 7) is 0. The molecule has 120 valence electrons. The molecule has 4 aromatic rings. The molecule has 4 nitrogen and oxygen atoms in total. The second-order valence-electron chi connectivity index (χ2n) is 6.13. The van der Waals surface area contributed by atoms with Crippen molar-refractivity contribution in [2.45, 2.75) is 0 Å². The number of rotatable bonds is 0. The Labute approximate surface area is 144 Å². The first-order chi connectivity index (χ1) is 12.3. The molecule has 0 fully saturated rings. The molecule has 2 aliphatic rings. The summed E-state index contributed by atoms with van der Waals surface area (Å²) in [5, 5.41) is 4.04. The maximum Gasteiger partial charge on any atom is 0.966 e. The fraction of sp³-hybridized carbons (Fsp3) is 0. The van der Waals surface area contributed by atoms with Crippen LogP contribution < -0.4 is 17.7 Å². The molecule has 0 bridgehead atoms. The number of hydrogen-bond donors (Lipinski definition) is 0. The molecular weight excluding hydrogens is 332 g/mol. The van der Waals surface area contributed by atoms with Gasteiger partial charge in [0.25, 0.3) is 0 Å². The minimum Gasteiger partial charge on any atom is -0.451 e. The molecule has 0 atom stereocenters. The van der Waals surface area contributed by atoms with Gasteiger partial charge in [-0.1, -0.05) is 48.5 Å². The van der Waals surface area contributed by atoms with Crippen molar-refractivity contribution in [2.75, 3.05) is 0 Å². The largest absolute Gasteiger partial charge is 0.966 e. The van der Waals surface area contributed by atoms with Crippen molar-refractivity contribution in [1.29, 1.82) is 0 Å². The molecule has 0 aliphatic carbocycles. The van der Waals surface area contributed by atoms with Crippen LogP contribution in [0.25, 0.3) is 21.5 Å². The fourth-order valence-corrected chi connectivity index (χ4v) is 5.56. The molecule has 0 amide bonds. The van der Waals surface area contributed by atoms with Crippen LogP contribution in [0, 0.1) is 0 Å². The summed E-state index contributed by atoms with van der Waals surface area (Å²) >= 11 is 0. The predicted octanol–water partition coefficient (Wildman–Crippen LogP) is 4.67. The summed E-state index contributed by atoms with van der Waals surface area (Å²) in [7, 11) is -3.42. The van der Waals surface area contributed by atoms with Crippen molar-refractivity contribution in [3.63, 3.8) is 0 Å². The Morgan fingerprint density at radius 3 is 1.08 bits per heavy atom. The van der Waals surface area contributed by atoms with Crippen molar-refractivity contribution in [2.24, 2.45) is 0 Å². The van der Waals surface area contributed by atoms with E-state index in [1.54, 1.807) is 0 Å². The monoisotopic (exact) mass is 344 g/mol. The zero-order chi connectivity index (χ0) is 16.4. The molecule has 1 spiro atoms. The van der Waals surface area contributed by atoms with E-state index in [-0.39, 0.29) is 0 Å². The zero-order valence-electron chi connectivity index (χ0n) is 13.1. The summed E-state index contributed by atoms with van der Waals surface area (Å²) < 4.78 is 24.8. The lowest BCUT2D eigenvalue weighted by Crippen LogP contribution is -2.62. The van der Waals surface area contributed by atoms with Gasteiger partial charge in [0.05, 0.1) is 10.8 Å². The summed E-state index contributed by atoms with van der Waals surface area (Å²) in [5.41, 5.74) is 0.